The van der Waals surface area contributed by atoms with E-state index in [1.165, 1.54) is 11.0 Å². The molecule has 1 saturated heterocycles. The number of amides is 2. The van der Waals surface area contributed by atoms with E-state index in [9.17, 15) is 40.7 Å². The number of nitrogens with zero attached hydrogens (tertiary/aromatic N) is 1. The summed E-state index contributed by atoms with van der Waals surface area (Å²) < 4.78 is 89.2. The van der Waals surface area contributed by atoms with Crippen molar-refractivity contribution in [2.24, 2.45) is 5.92 Å². The third-order valence-electron chi connectivity index (χ3n) is 5.60. The van der Waals surface area contributed by atoms with E-state index in [1.54, 1.807) is 6.92 Å². The van der Waals surface area contributed by atoms with E-state index in [1.807, 2.05) is 5.32 Å². The highest BCUT2D eigenvalue weighted by Crippen LogP contribution is 2.38. The van der Waals surface area contributed by atoms with Gasteiger partial charge in [0.2, 0.25) is 0 Å². The van der Waals surface area contributed by atoms with Gasteiger partial charge in [0.15, 0.2) is 0 Å². The van der Waals surface area contributed by atoms with Gasteiger partial charge in [-0.25, -0.2) is 4.79 Å². The fourth-order valence-electron chi connectivity index (χ4n) is 3.71. The number of piperidine rings is 1. The summed E-state index contributed by atoms with van der Waals surface area (Å²) in [7, 11) is 0. The maximum Gasteiger partial charge on any atom is 0.416 e. The molecule has 0 spiro atoms. The van der Waals surface area contributed by atoms with Gasteiger partial charge in [-0.05, 0) is 56.2 Å². The third kappa shape index (κ3) is 7.30. The summed E-state index contributed by atoms with van der Waals surface area (Å²) in [4.78, 5) is 38.7. The van der Waals surface area contributed by atoms with Crippen molar-refractivity contribution < 1.29 is 50.2 Å². The van der Waals surface area contributed by atoms with E-state index in [2.05, 4.69) is 0 Å². The maximum absolute atomic E-state index is 13.2. The van der Waals surface area contributed by atoms with E-state index in [0.717, 1.165) is 12.1 Å². The Balaban J connectivity index is 1.79. The van der Waals surface area contributed by atoms with E-state index in [4.69, 9.17) is 21.1 Å². The molecule has 1 aliphatic rings. The van der Waals surface area contributed by atoms with Crippen LogP contribution in [0.15, 0.2) is 36.4 Å². The van der Waals surface area contributed by atoms with Crippen molar-refractivity contribution in [3.8, 4) is 5.75 Å². The lowest BCUT2D eigenvalue weighted by Crippen LogP contribution is -2.42. The molecule has 2 aromatic carbocycles. The number of likely N-dealkylation sites (tertiary alicyclic amines) is 1. The van der Waals surface area contributed by atoms with Crippen molar-refractivity contribution in [2.75, 3.05) is 25.0 Å². The summed E-state index contributed by atoms with van der Waals surface area (Å²) in [5.41, 5.74) is -4.42. The fourth-order valence-corrected chi connectivity index (χ4v) is 3.88. The number of esters is 1. The lowest BCUT2D eigenvalue weighted by molar-refractivity contribution is -0.149. The summed E-state index contributed by atoms with van der Waals surface area (Å²) in [6.07, 6.45) is -10.5. The highest BCUT2D eigenvalue weighted by Gasteiger charge is 2.37. The van der Waals surface area contributed by atoms with Gasteiger partial charge in [-0.15, -0.1) is 0 Å². The molecule has 0 radical (unpaired) electrons. The van der Waals surface area contributed by atoms with Gasteiger partial charge in [0.25, 0.3) is 5.91 Å². The van der Waals surface area contributed by atoms with E-state index >= 15 is 0 Å². The molecule has 1 N–H and O–H groups in total. The average molecular weight is 567 g/mol. The van der Waals surface area contributed by atoms with Gasteiger partial charge >= 0.3 is 24.4 Å². The molecule has 3 rings (SSSR count). The summed E-state index contributed by atoms with van der Waals surface area (Å²) in [6.45, 7) is 2.21. The van der Waals surface area contributed by atoms with E-state index in [-0.39, 0.29) is 48.4 Å². The quantitative estimate of drug-likeness (QED) is 0.334. The molecule has 0 saturated carbocycles. The number of rotatable bonds is 5. The minimum atomic E-state index is -5.11. The number of alkyl halides is 6. The minimum Gasteiger partial charge on any atom is -0.466 e. The zero-order valence-electron chi connectivity index (χ0n) is 19.7. The number of benzene rings is 2. The standard InChI is InChI=1S/C24H21ClF6N2O5/c1-2-37-21(35)13-5-7-33(8-6-13)22(36)38-19-4-3-16(25)12-18(19)20(34)32-17-10-14(23(26,27)28)9-15(11-17)24(29,30)31/h3-4,9-13H,2,5-8H2,1H3,(H,32,34). The molecule has 7 nitrogen and oxygen atoms in total. The van der Waals surface area contributed by atoms with Crippen molar-refractivity contribution in [3.63, 3.8) is 0 Å². The van der Waals surface area contributed by atoms with Crippen LogP contribution in [0.3, 0.4) is 0 Å². The number of hydrogen-bond donors (Lipinski definition) is 1. The molecule has 206 valence electrons. The number of halogens is 7. The van der Waals surface area contributed by atoms with Crippen LogP contribution in [-0.2, 0) is 21.9 Å². The molecular weight excluding hydrogens is 546 g/mol. The third-order valence-corrected chi connectivity index (χ3v) is 5.84. The summed E-state index contributed by atoms with van der Waals surface area (Å²) >= 11 is 5.92. The molecule has 1 fully saturated rings. The van der Waals surface area contributed by atoms with Crippen LogP contribution in [0.1, 0.15) is 41.3 Å². The van der Waals surface area contributed by atoms with Crippen LogP contribution in [-0.4, -0.2) is 42.6 Å². The predicted molar refractivity (Wildman–Crippen MR) is 123 cm³/mol. The van der Waals surface area contributed by atoms with Crippen LogP contribution in [0.25, 0.3) is 0 Å². The van der Waals surface area contributed by atoms with Crippen molar-refractivity contribution in [3.05, 3.63) is 58.1 Å². The molecule has 1 heterocycles. The molecule has 0 bridgehead atoms. The Bertz CT molecular complexity index is 1180. The molecule has 0 unspecified atom stereocenters. The Morgan fingerprint density at radius 1 is 0.974 bits per heavy atom. The van der Waals surface area contributed by atoms with Crippen molar-refractivity contribution in [1.29, 1.82) is 0 Å². The van der Waals surface area contributed by atoms with Gasteiger partial charge in [-0.3, -0.25) is 9.59 Å². The number of hydrogen-bond acceptors (Lipinski definition) is 5. The Morgan fingerprint density at radius 3 is 2.08 bits per heavy atom. The summed E-state index contributed by atoms with van der Waals surface area (Å²) in [5, 5.41) is 1.97. The van der Waals surface area contributed by atoms with E-state index in [0.29, 0.717) is 25.0 Å². The Morgan fingerprint density at radius 2 is 1.55 bits per heavy atom. The molecular formula is C24H21ClF6N2O5. The second-order valence-electron chi connectivity index (χ2n) is 8.27. The second kappa shape index (κ2) is 11.5. The van der Waals surface area contributed by atoms with Crippen molar-refractivity contribution >= 4 is 35.3 Å². The smallest absolute Gasteiger partial charge is 0.416 e. The van der Waals surface area contributed by atoms with Crippen molar-refractivity contribution in [1.82, 2.24) is 4.90 Å². The SMILES string of the molecule is CCOC(=O)C1CCN(C(=O)Oc2ccc(Cl)cc2C(=O)Nc2cc(C(F)(F)F)cc(C(F)(F)F)c2)CC1. The lowest BCUT2D eigenvalue weighted by atomic mass is 9.97. The van der Waals surface area contributed by atoms with E-state index < -0.39 is 46.7 Å². The molecule has 0 aliphatic carbocycles. The van der Waals surface area contributed by atoms with Crippen LogP contribution in [0.5, 0.6) is 5.75 Å². The second-order valence-corrected chi connectivity index (χ2v) is 8.71. The Kier molecular flexibility index (Phi) is 8.80. The van der Waals surface area contributed by atoms with Gasteiger partial charge in [-0.1, -0.05) is 11.6 Å². The van der Waals surface area contributed by atoms with Gasteiger partial charge < -0.3 is 19.7 Å². The molecule has 0 atom stereocenters. The minimum absolute atomic E-state index is 0.00905. The molecule has 2 aromatic rings. The molecule has 1 aliphatic heterocycles. The zero-order valence-corrected chi connectivity index (χ0v) is 20.5. The highest BCUT2D eigenvalue weighted by molar-refractivity contribution is 6.31. The Labute approximate surface area is 217 Å². The Hall–Kier alpha value is -3.48. The number of anilines is 1. The van der Waals surface area contributed by atoms with Crippen LogP contribution in [0.4, 0.5) is 36.8 Å². The first-order chi connectivity index (χ1) is 17.7. The number of carbonyl (C=O) groups is 3. The maximum atomic E-state index is 13.2. The van der Waals surface area contributed by atoms with Gasteiger partial charge in [-0.2, -0.15) is 26.3 Å². The lowest BCUT2D eigenvalue weighted by Gasteiger charge is -2.30. The van der Waals surface area contributed by atoms with Crippen LogP contribution < -0.4 is 10.1 Å². The highest BCUT2D eigenvalue weighted by atomic mass is 35.5. The number of carbonyl (C=O) groups excluding carboxylic acids is 3. The first-order valence-corrected chi connectivity index (χ1v) is 11.6. The molecule has 2 amide bonds. The average Bonchev–Trinajstić information content (AvgIpc) is 2.84. The monoisotopic (exact) mass is 566 g/mol. The van der Waals surface area contributed by atoms with Gasteiger partial charge in [0, 0.05) is 23.8 Å². The van der Waals surface area contributed by atoms with Crippen LogP contribution in [0.2, 0.25) is 5.02 Å². The number of nitrogens with one attached hydrogen (secondary N) is 1. The fraction of sp³-hybridized carbons (Fsp3) is 0.375. The van der Waals surface area contributed by atoms with Gasteiger partial charge in [0.1, 0.15) is 5.75 Å². The zero-order chi connectivity index (χ0) is 28.3. The van der Waals surface area contributed by atoms with Gasteiger partial charge in [0.05, 0.1) is 29.2 Å². The van der Waals surface area contributed by atoms with Crippen molar-refractivity contribution in [2.45, 2.75) is 32.1 Å². The van der Waals surface area contributed by atoms with Crippen LogP contribution >= 0.6 is 11.6 Å². The normalized spacial score (nSPS) is 14.7. The first-order valence-electron chi connectivity index (χ1n) is 11.2. The molecule has 0 aromatic heterocycles. The first kappa shape index (κ1) is 29.1. The number of ether oxygens (including phenoxy) is 2. The molecule has 14 heteroatoms. The topological polar surface area (TPSA) is 84.9 Å². The molecule has 38 heavy (non-hydrogen) atoms. The summed E-state index contributed by atoms with van der Waals surface area (Å²) in [6, 6.07) is 4.10. The predicted octanol–water partition coefficient (Wildman–Crippen LogP) is 6.40. The van der Waals surface area contributed by atoms with Crippen LogP contribution in [0, 0.1) is 5.92 Å². The largest absolute Gasteiger partial charge is 0.466 e. The summed E-state index contributed by atoms with van der Waals surface area (Å²) in [5.74, 6) is -2.25.